The minimum absolute atomic E-state index is 0.240. The first kappa shape index (κ1) is 19.6. The van der Waals surface area contributed by atoms with E-state index in [0.717, 1.165) is 37.7 Å². The second-order valence-electron chi connectivity index (χ2n) is 7.20. The summed E-state index contributed by atoms with van der Waals surface area (Å²) in [7, 11) is 1.68. The largest absolute Gasteiger partial charge is 0.497 e. The van der Waals surface area contributed by atoms with Crippen LogP contribution < -0.4 is 9.64 Å². The predicted octanol–water partition coefficient (Wildman–Crippen LogP) is 4.43. The van der Waals surface area contributed by atoms with Gasteiger partial charge in [0.25, 0.3) is 0 Å². The van der Waals surface area contributed by atoms with E-state index in [-0.39, 0.29) is 5.91 Å². The summed E-state index contributed by atoms with van der Waals surface area (Å²) in [5.41, 5.74) is 2.48. The SMILES string of the molecule is COc1ccc(N2CCN(C(=O)CSCc3cccc4ccccc34)CC2)cc1. The second kappa shape index (κ2) is 9.23. The molecule has 0 bridgehead atoms. The Morgan fingerprint density at radius 1 is 0.931 bits per heavy atom. The summed E-state index contributed by atoms with van der Waals surface area (Å²) >= 11 is 1.71. The Balaban J connectivity index is 1.26. The summed E-state index contributed by atoms with van der Waals surface area (Å²) in [6, 6.07) is 22.9. The van der Waals surface area contributed by atoms with Gasteiger partial charge >= 0.3 is 0 Å². The molecule has 0 spiro atoms. The van der Waals surface area contributed by atoms with Gasteiger partial charge in [0.15, 0.2) is 0 Å². The molecule has 5 heteroatoms. The molecule has 1 fully saturated rings. The van der Waals surface area contributed by atoms with Crippen LogP contribution in [0.1, 0.15) is 5.56 Å². The number of carbonyl (C=O) groups is 1. The maximum Gasteiger partial charge on any atom is 0.232 e. The number of hydrogen-bond acceptors (Lipinski definition) is 4. The van der Waals surface area contributed by atoms with E-state index in [1.807, 2.05) is 17.0 Å². The summed E-state index contributed by atoms with van der Waals surface area (Å²) < 4.78 is 5.22. The molecule has 1 aliphatic rings. The van der Waals surface area contributed by atoms with Gasteiger partial charge in [0.2, 0.25) is 5.91 Å². The van der Waals surface area contributed by atoms with Crippen LogP contribution in [0.15, 0.2) is 66.7 Å². The molecule has 0 saturated carbocycles. The minimum atomic E-state index is 0.240. The van der Waals surface area contributed by atoms with E-state index in [2.05, 4.69) is 59.5 Å². The number of hydrogen-bond donors (Lipinski definition) is 0. The summed E-state index contributed by atoms with van der Waals surface area (Å²) in [5, 5.41) is 2.54. The zero-order valence-corrected chi connectivity index (χ0v) is 17.5. The third-order valence-electron chi connectivity index (χ3n) is 5.43. The molecular weight excluding hydrogens is 380 g/mol. The van der Waals surface area contributed by atoms with Crippen LogP contribution in [-0.4, -0.2) is 49.8 Å². The smallest absolute Gasteiger partial charge is 0.232 e. The average Bonchev–Trinajstić information content (AvgIpc) is 2.79. The Morgan fingerprint density at radius 2 is 1.66 bits per heavy atom. The number of fused-ring (bicyclic) bond motifs is 1. The Hall–Kier alpha value is -2.66. The van der Waals surface area contributed by atoms with Crippen LogP contribution in [0.2, 0.25) is 0 Å². The van der Waals surface area contributed by atoms with Gasteiger partial charge in [0, 0.05) is 37.6 Å². The van der Waals surface area contributed by atoms with E-state index in [0.29, 0.717) is 5.75 Å². The topological polar surface area (TPSA) is 32.8 Å². The Kier molecular flexibility index (Phi) is 6.25. The van der Waals surface area contributed by atoms with Gasteiger partial charge in [0.1, 0.15) is 5.75 Å². The number of amides is 1. The van der Waals surface area contributed by atoms with Crippen LogP contribution in [0.25, 0.3) is 10.8 Å². The van der Waals surface area contributed by atoms with Gasteiger partial charge in [-0.05, 0) is 40.6 Å². The van der Waals surface area contributed by atoms with Gasteiger partial charge in [-0.15, -0.1) is 11.8 Å². The van der Waals surface area contributed by atoms with E-state index in [1.165, 1.54) is 22.0 Å². The summed E-state index contributed by atoms with van der Waals surface area (Å²) in [6.07, 6.45) is 0. The molecule has 1 heterocycles. The number of benzene rings is 3. The van der Waals surface area contributed by atoms with Crippen LogP contribution in [0.5, 0.6) is 5.75 Å². The Morgan fingerprint density at radius 3 is 2.41 bits per heavy atom. The molecule has 3 aromatic rings. The van der Waals surface area contributed by atoms with Crippen LogP contribution in [0.3, 0.4) is 0 Å². The van der Waals surface area contributed by atoms with Crippen LogP contribution >= 0.6 is 11.8 Å². The third-order valence-corrected chi connectivity index (χ3v) is 6.40. The maximum atomic E-state index is 12.6. The predicted molar refractivity (Wildman–Crippen MR) is 122 cm³/mol. The van der Waals surface area contributed by atoms with Gasteiger partial charge in [-0.1, -0.05) is 42.5 Å². The molecule has 29 heavy (non-hydrogen) atoms. The normalized spacial score (nSPS) is 14.2. The Bertz CT molecular complexity index is 961. The van der Waals surface area contributed by atoms with Gasteiger partial charge in [0.05, 0.1) is 12.9 Å². The first-order chi connectivity index (χ1) is 14.2. The van der Waals surface area contributed by atoms with Crippen LogP contribution in [0, 0.1) is 0 Å². The molecule has 3 aromatic carbocycles. The highest BCUT2D eigenvalue weighted by atomic mass is 32.2. The zero-order chi connectivity index (χ0) is 20.1. The minimum Gasteiger partial charge on any atom is -0.497 e. The number of nitrogens with zero attached hydrogens (tertiary/aromatic N) is 2. The highest BCUT2D eigenvalue weighted by Crippen LogP contribution is 2.24. The number of piperazine rings is 1. The molecule has 0 aromatic heterocycles. The van der Waals surface area contributed by atoms with E-state index < -0.39 is 0 Å². The van der Waals surface area contributed by atoms with Gasteiger partial charge in [-0.25, -0.2) is 0 Å². The second-order valence-corrected chi connectivity index (χ2v) is 8.18. The average molecular weight is 407 g/mol. The van der Waals surface area contributed by atoms with Crippen molar-refractivity contribution in [2.75, 3.05) is 43.9 Å². The van der Waals surface area contributed by atoms with Gasteiger partial charge in [-0.2, -0.15) is 0 Å². The third kappa shape index (κ3) is 4.67. The van der Waals surface area contributed by atoms with Crippen molar-refractivity contribution in [2.45, 2.75) is 5.75 Å². The highest BCUT2D eigenvalue weighted by Gasteiger charge is 2.21. The lowest BCUT2D eigenvalue weighted by Crippen LogP contribution is -2.49. The lowest BCUT2D eigenvalue weighted by molar-refractivity contribution is -0.128. The van der Waals surface area contributed by atoms with Crippen molar-refractivity contribution in [1.82, 2.24) is 4.90 Å². The molecular formula is C24H26N2O2S. The van der Waals surface area contributed by atoms with E-state index in [1.54, 1.807) is 18.9 Å². The molecule has 0 atom stereocenters. The number of carbonyl (C=O) groups excluding carboxylic acids is 1. The first-order valence-corrected chi connectivity index (χ1v) is 11.1. The molecule has 4 rings (SSSR count). The summed E-state index contributed by atoms with van der Waals surface area (Å²) in [4.78, 5) is 17.0. The van der Waals surface area contributed by atoms with Gasteiger partial charge < -0.3 is 14.5 Å². The van der Waals surface area contributed by atoms with E-state index >= 15 is 0 Å². The van der Waals surface area contributed by atoms with Crippen molar-refractivity contribution < 1.29 is 9.53 Å². The molecule has 0 N–H and O–H groups in total. The molecule has 1 saturated heterocycles. The quantitative estimate of drug-likeness (QED) is 0.606. The zero-order valence-electron chi connectivity index (χ0n) is 16.7. The van der Waals surface area contributed by atoms with Crippen molar-refractivity contribution in [1.29, 1.82) is 0 Å². The summed E-state index contributed by atoms with van der Waals surface area (Å²) in [5.74, 6) is 2.50. The fourth-order valence-electron chi connectivity index (χ4n) is 3.77. The van der Waals surface area contributed by atoms with Crippen molar-refractivity contribution >= 4 is 34.1 Å². The molecule has 1 aliphatic heterocycles. The van der Waals surface area contributed by atoms with Gasteiger partial charge in [-0.3, -0.25) is 4.79 Å². The molecule has 4 nitrogen and oxygen atoms in total. The number of anilines is 1. The standard InChI is InChI=1S/C24H26N2O2S/c1-28-22-11-9-21(10-12-22)25-13-15-26(16-14-25)24(27)18-29-17-20-7-4-6-19-5-2-3-8-23(19)20/h2-12H,13-18H2,1H3. The molecule has 1 amide bonds. The molecule has 0 radical (unpaired) electrons. The molecule has 0 aliphatic carbocycles. The van der Waals surface area contributed by atoms with Crippen molar-refractivity contribution in [3.05, 3.63) is 72.3 Å². The van der Waals surface area contributed by atoms with Crippen molar-refractivity contribution in [2.24, 2.45) is 0 Å². The van der Waals surface area contributed by atoms with Crippen molar-refractivity contribution in [3.8, 4) is 5.75 Å². The fourth-order valence-corrected chi connectivity index (χ4v) is 4.70. The van der Waals surface area contributed by atoms with E-state index in [9.17, 15) is 4.79 Å². The Labute approximate surface area is 176 Å². The van der Waals surface area contributed by atoms with Crippen LogP contribution in [0.4, 0.5) is 5.69 Å². The fraction of sp³-hybridized carbons (Fsp3) is 0.292. The lowest BCUT2D eigenvalue weighted by atomic mass is 10.1. The number of rotatable bonds is 6. The first-order valence-electron chi connectivity index (χ1n) is 9.96. The number of thioether (sulfide) groups is 1. The van der Waals surface area contributed by atoms with E-state index in [4.69, 9.17) is 4.74 Å². The lowest BCUT2D eigenvalue weighted by Gasteiger charge is -2.36. The molecule has 150 valence electrons. The number of methoxy groups -OCH3 is 1. The summed E-state index contributed by atoms with van der Waals surface area (Å²) in [6.45, 7) is 3.29. The van der Waals surface area contributed by atoms with Crippen LogP contribution in [-0.2, 0) is 10.5 Å². The molecule has 0 unspecified atom stereocenters. The highest BCUT2D eigenvalue weighted by molar-refractivity contribution is 7.99. The monoisotopic (exact) mass is 406 g/mol. The number of ether oxygens (including phenoxy) is 1. The van der Waals surface area contributed by atoms with Crippen molar-refractivity contribution in [3.63, 3.8) is 0 Å². The maximum absolute atomic E-state index is 12.6.